The van der Waals surface area contributed by atoms with E-state index in [1.54, 1.807) is 12.1 Å². The summed E-state index contributed by atoms with van der Waals surface area (Å²) in [6, 6.07) is 6.44. The van der Waals surface area contributed by atoms with Crippen LogP contribution < -0.4 is 5.32 Å². The lowest BCUT2D eigenvalue weighted by Gasteiger charge is -2.41. The van der Waals surface area contributed by atoms with Gasteiger partial charge >= 0.3 is 0 Å². The van der Waals surface area contributed by atoms with E-state index in [0.717, 1.165) is 24.1 Å². The van der Waals surface area contributed by atoms with Gasteiger partial charge in [-0.1, -0.05) is 0 Å². The molecule has 1 aromatic heterocycles. The summed E-state index contributed by atoms with van der Waals surface area (Å²) in [5, 5.41) is 14.7. The number of likely N-dealkylation sites (tertiary alicyclic amines) is 1. The second-order valence-corrected chi connectivity index (χ2v) is 7.98. The molecular weight excluding hydrogens is 368 g/mol. The van der Waals surface area contributed by atoms with Gasteiger partial charge in [0.05, 0.1) is 16.3 Å². The second kappa shape index (κ2) is 7.24. The highest BCUT2D eigenvalue weighted by molar-refractivity contribution is 7.20. The number of nitrogens with zero attached hydrogens (tertiary/aromatic N) is 3. The molecule has 1 N–H and O–H groups in total. The molecule has 0 bridgehead atoms. The highest BCUT2D eigenvalue weighted by Crippen LogP contribution is 2.30. The van der Waals surface area contributed by atoms with Crippen molar-refractivity contribution in [2.45, 2.75) is 18.9 Å². The molecule has 0 saturated carbocycles. The molecule has 27 heavy (non-hydrogen) atoms. The molecule has 2 saturated heterocycles. The fraction of sp³-hybridized carbons (Fsp3) is 0.444. The van der Waals surface area contributed by atoms with Gasteiger partial charge in [0, 0.05) is 54.4 Å². The molecule has 0 aliphatic carbocycles. The zero-order chi connectivity index (χ0) is 19.0. The number of hydrogen-bond donors (Lipinski definition) is 1. The number of piperazine rings is 1. The first-order chi connectivity index (χ1) is 13.0. The summed E-state index contributed by atoms with van der Waals surface area (Å²) in [5.41, 5.74) is 0.0227. The number of fused-ring (bicyclic) bond motifs is 1. The van der Waals surface area contributed by atoms with Crippen LogP contribution in [0.3, 0.4) is 0 Å². The summed E-state index contributed by atoms with van der Waals surface area (Å²) in [5.74, 6) is 0.0286. The number of thiophene rings is 1. The van der Waals surface area contributed by atoms with Crippen molar-refractivity contribution in [3.05, 3.63) is 39.3 Å². The van der Waals surface area contributed by atoms with Gasteiger partial charge in [-0.2, -0.15) is 0 Å². The van der Waals surface area contributed by atoms with Crippen LogP contribution in [0, 0.1) is 10.1 Å². The largest absolute Gasteiger partial charge is 0.336 e. The van der Waals surface area contributed by atoms with E-state index in [-0.39, 0.29) is 23.5 Å². The van der Waals surface area contributed by atoms with Crippen molar-refractivity contribution in [1.82, 2.24) is 15.1 Å². The van der Waals surface area contributed by atoms with E-state index in [2.05, 4.69) is 5.32 Å². The van der Waals surface area contributed by atoms with Gasteiger partial charge in [-0.15, -0.1) is 11.3 Å². The lowest BCUT2D eigenvalue weighted by atomic mass is 10.0. The molecule has 9 heteroatoms. The highest BCUT2D eigenvalue weighted by atomic mass is 32.1. The molecule has 4 rings (SSSR count). The third-order valence-electron chi connectivity index (χ3n) is 5.17. The summed E-state index contributed by atoms with van der Waals surface area (Å²) in [6.07, 6.45) is 1.78. The zero-order valence-corrected chi connectivity index (χ0v) is 15.5. The fourth-order valence-corrected chi connectivity index (χ4v) is 4.82. The Labute approximate surface area is 159 Å². The molecule has 142 valence electrons. The predicted molar refractivity (Wildman–Crippen MR) is 102 cm³/mol. The van der Waals surface area contributed by atoms with Gasteiger partial charge in [0.2, 0.25) is 5.91 Å². The van der Waals surface area contributed by atoms with Crippen molar-refractivity contribution in [3.8, 4) is 0 Å². The van der Waals surface area contributed by atoms with Crippen molar-refractivity contribution >= 4 is 38.9 Å². The van der Waals surface area contributed by atoms with Gasteiger partial charge < -0.3 is 15.1 Å². The number of hydrogen-bond acceptors (Lipinski definition) is 6. The Bertz CT molecular complexity index is 912. The Hall–Kier alpha value is -2.52. The van der Waals surface area contributed by atoms with Crippen LogP contribution in [0.15, 0.2) is 24.3 Å². The van der Waals surface area contributed by atoms with Crippen LogP contribution in [0.25, 0.3) is 10.1 Å². The lowest BCUT2D eigenvalue weighted by Crippen LogP contribution is -2.57. The van der Waals surface area contributed by atoms with E-state index in [1.807, 2.05) is 9.80 Å². The van der Waals surface area contributed by atoms with Crippen molar-refractivity contribution < 1.29 is 14.5 Å². The topological polar surface area (TPSA) is 95.8 Å². The van der Waals surface area contributed by atoms with E-state index in [9.17, 15) is 19.7 Å². The third kappa shape index (κ3) is 3.52. The smallest absolute Gasteiger partial charge is 0.270 e. The fourth-order valence-electron chi connectivity index (χ4n) is 3.81. The molecule has 0 spiro atoms. The van der Waals surface area contributed by atoms with Crippen LogP contribution in [0.1, 0.15) is 22.5 Å². The average molecular weight is 388 g/mol. The lowest BCUT2D eigenvalue weighted by molar-refractivity contribution is -0.384. The molecule has 3 heterocycles. The Morgan fingerprint density at radius 1 is 1.30 bits per heavy atom. The number of carbonyl (C=O) groups is 2. The molecule has 1 unspecified atom stereocenters. The number of piperidine rings is 1. The van der Waals surface area contributed by atoms with E-state index >= 15 is 0 Å². The average Bonchev–Trinajstić information content (AvgIpc) is 3.11. The van der Waals surface area contributed by atoms with Crippen molar-refractivity contribution in [2.75, 3.05) is 32.7 Å². The maximum Gasteiger partial charge on any atom is 0.270 e. The van der Waals surface area contributed by atoms with E-state index < -0.39 is 4.92 Å². The Morgan fingerprint density at radius 3 is 2.93 bits per heavy atom. The van der Waals surface area contributed by atoms with Crippen molar-refractivity contribution in [2.24, 2.45) is 0 Å². The molecule has 1 aromatic carbocycles. The van der Waals surface area contributed by atoms with E-state index in [4.69, 9.17) is 0 Å². The first kappa shape index (κ1) is 17.9. The highest BCUT2D eigenvalue weighted by Gasteiger charge is 2.32. The van der Waals surface area contributed by atoms with Crippen LogP contribution in [-0.2, 0) is 4.79 Å². The van der Waals surface area contributed by atoms with Gasteiger partial charge in [-0.3, -0.25) is 19.7 Å². The monoisotopic (exact) mass is 388 g/mol. The quantitative estimate of drug-likeness (QED) is 0.639. The number of carbonyl (C=O) groups excluding carboxylic acids is 2. The van der Waals surface area contributed by atoms with Gasteiger partial charge in [0.15, 0.2) is 0 Å². The van der Waals surface area contributed by atoms with Crippen LogP contribution in [0.2, 0.25) is 0 Å². The first-order valence-corrected chi connectivity index (χ1v) is 9.82. The van der Waals surface area contributed by atoms with Crippen LogP contribution in [-0.4, -0.2) is 65.3 Å². The minimum Gasteiger partial charge on any atom is -0.336 e. The number of amides is 2. The van der Waals surface area contributed by atoms with Crippen molar-refractivity contribution in [1.29, 1.82) is 0 Å². The molecular formula is C18H20N4O4S. The summed E-state index contributed by atoms with van der Waals surface area (Å²) in [4.78, 5) is 39.9. The normalized spacial score (nSPS) is 20.9. The Kier molecular flexibility index (Phi) is 4.79. The molecule has 2 fully saturated rings. The number of nitro benzene ring substituents is 1. The van der Waals surface area contributed by atoms with Gasteiger partial charge in [0.25, 0.3) is 11.6 Å². The second-order valence-electron chi connectivity index (χ2n) is 6.90. The van der Waals surface area contributed by atoms with E-state index in [1.165, 1.54) is 23.5 Å². The number of rotatable bonds is 3. The molecule has 2 aliphatic heterocycles. The van der Waals surface area contributed by atoms with Crippen molar-refractivity contribution in [3.63, 3.8) is 0 Å². The molecule has 2 amide bonds. The number of nitro groups is 1. The number of benzene rings is 1. The predicted octanol–water partition coefficient (Wildman–Crippen LogP) is 1.85. The van der Waals surface area contributed by atoms with Crippen LogP contribution in [0.4, 0.5) is 5.69 Å². The SMILES string of the molecule is O=C(c1cc2cc([N+](=O)[O-])ccc2s1)N1CCCC(N2CCNCC2=O)C1. The minimum atomic E-state index is -0.432. The summed E-state index contributed by atoms with van der Waals surface area (Å²) < 4.78 is 0.856. The summed E-state index contributed by atoms with van der Waals surface area (Å²) in [6.45, 7) is 3.03. The van der Waals surface area contributed by atoms with Gasteiger partial charge in [-0.05, 0) is 25.0 Å². The van der Waals surface area contributed by atoms with Gasteiger partial charge in [-0.25, -0.2) is 0 Å². The molecule has 8 nitrogen and oxygen atoms in total. The standard InChI is InChI=1S/C18H20N4O4S/c23-17-10-19-5-7-21(17)14-2-1-6-20(11-14)18(24)16-9-12-8-13(22(25)26)3-4-15(12)27-16/h3-4,8-9,14,19H,1-2,5-7,10-11H2. The Balaban J connectivity index is 1.52. The first-order valence-electron chi connectivity index (χ1n) is 9.00. The van der Waals surface area contributed by atoms with Crippen LogP contribution in [0.5, 0.6) is 0 Å². The third-order valence-corrected chi connectivity index (χ3v) is 6.28. The maximum absolute atomic E-state index is 13.0. The van der Waals surface area contributed by atoms with Gasteiger partial charge in [0.1, 0.15) is 0 Å². The summed E-state index contributed by atoms with van der Waals surface area (Å²) >= 11 is 1.35. The zero-order valence-electron chi connectivity index (χ0n) is 14.7. The molecule has 2 aromatic rings. The molecule has 2 aliphatic rings. The summed E-state index contributed by atoms with van der Waals surface area (Å²) in [7, 11) is 0. The van der Waals surface area contributed by atoms with E-state index in [0.29, 0.717) is 36.4 Å². The maximum atomic E-state index is 13.0. The Morgan fingerprint density at radius 2 is 2.15 bits per heavy atom. The van der Waals surface area contributed by atoms with Crippen LogP contribution >= 0.6 is 11.3 Å². The minimum absolute atomic E-state index is 0.0227. The molecule has 0 radical (unpaired) electrons. The molecule has 1 atom stereocenters. The number of non-ortho nitro benzene ring substituents is 1. The number of nitrogens with one attached hydrogen (secondary N) is 1.